The lowest BCUT2D eigenvalue weighted by Crippen LogP contribution is -2.53. The van der Waals surface area contributed by atoms with E-state index in [1.165, 1.54) is 6.55 Å². The molecule has 0 fully saturated rings. The molecule has 0 aliphatic carbocycles. The van der Waals surface area contributed by atoms with Gasteiger partial charge in [0.2, 0.25) is 18.3 Å². The minimum absolute atomic E-state index is 0.0994. The SMILES string of the molecule is CCC[Si](C)(F)O[Si](F)(F)[SiH2]O[SiH](c1ccccc1)c1ccccc1. The summed E-state index contributed by atoms with van der Waals surface area (Å²) in [4.78, 5) is 0. The Labute approximate surface area is 153 Å². The predicted octanol–water partition coefficient (Wildman–Crippen LogP) is 2.47. The first-order valence-electron chi connectivity index (χ1n) is 8.31. The Bertz CT molecular complexity index is 605. The highest BCUT2D eigenvalue weighted by Crippen LogP contribution is 2.22. The van der Waals surface area contributed by atoms with E-state index in [1.807, 2.05) is 60.7 Å². The lowest BCUT2D eigenvalue weighted by molar-refractivity contribution is 0.356. The zero-order valence-electron chi connectivity index (χ0n) is 14.4. The van der Waals surface area contributed by atoms with Crippen LogP contribution in [-0.2, 0) is 8.23 Å². The first-order chi connectivity index (χ1) is 11.8. The van der Waals surface area contributed by atoms with Crippen molar-refractivity contribution >= 4 is 45.8 Å². The van der Waals surface area contributed by atoms with Crippen molar-refractivity contribution in [3.05, 3.63) is 60.7 Å². The molecule has 1 atom stereocenters. The summed E-state index contributed by atoms with van der Waals surface area (Å²) in [5, 5.41) is 1.89. The minimum Gasteiger partial charge on any atom is -0.452 e. The van der Waals surface area contributed by atoms with Crippen LogP contribution in [0.3, 0.4) is 0 Å². The van der Waals surface area contributed by atoms with Crippen LogP contribution in [0.25, 0.3) is 0 Å². The smallest absolute Gasteiger partial charge is 0.452 e. The van der Waals surface area contributed by atoms with Gasteiger partial charge in [-0.15, -0.1) is 0 Å². The summed E-state index contributed by atoms with van der Waals surface area (Å²) >= 11 is 0. The molecule has 1 unspecified atom stereocenters. The molecule has 0 spiro atoms. The second kappa shape index (κ2) is 9.10. The number of halogens is 3. The van der Waals surface area contributed by atoms with Crippen molar-refractivity contribution < 1.29 is 20.6 Å². The van der Waals surface area contributed by atoms with E-state index in [0.29, 0.717) is 6.42 Å². The fourth-order valence-electron chi connectivity index (χ4n) is 2.66. The van der Waals surface area contributed by atoms with Gasteiger partial charge >= 0.3 is 17.2 Å². The second-order valence-corrected chi connectivity index (χ2v) is 17.9. The summed E-state index contributed by atoms with van der Waals surface area (Å²) in [5.74, 6) is 0. The molecule has 2 aromatic carbocycles. The van der Waals surface area contributed by atoms with Crippen molar-refractivity contribution in [2.75, 3.05) is 0 Å². The van der Waals surface area contributed by atoms with Gasteiger partial charge in [0, 0.05) is 0 Å². The fourth-order valence-corrected chi connectivity index (χ4v) is 17.7. The first-order valence-corrected chi connectivity index (χ1v) is 17.0. The van der Waals surface area contributed by atoms with Crippen LogP contribution >= 0.6 is 0 Å². The van der Waals surface area contributed by atoms with Gasteiger partial charge in [0.05, 0.1) is 0 Å². The van der Waals surface area contributed by atoms with E-state index in [0.717, 1.165) is 10.4 Å². The van der Waals surface area contributed by atoms with Crippen LogP contribution in [0.1, 0.15) is 13.3 Å². The number of hydrogen-bond donors (Lipinski definition) is 0. The van der Waals surface area contributed by atoms with Crippen molar-refractivity contribution in [1.82, 2.24) is 0 Å². The standard InChI is InChI=1S/C16H23F3O2Si4/c1-3-14-24(2,17)21-25(18,19)22-20-23(15-10-6-4-7-11-15)16-12-8-5-9-13-16/h4-13,23H,3,14,22H2,1-2H3. The van der Waals surface area contributed by atoms with Gasteiger partial charge in [-0.25, -0.2) is 8.22 Å². The molecule has 25 heavy (non-hydrogen) atoms. The van der Waals surface area contributed by atoms with Gasteiger partial charge in [-0.2, -0.15) is 0 Å². The van der Waals surface area contributed by atoms with Crippen LogP contribution < -0.4 is 10.4 Å². The average Bonchev–Trinajstić information content (AvgIpc) is 2.56. The quantitative estimate of drug-likeness (QED) is 0.462. The summed E-state index contributed by atoms with van der Waals surface area (Å²) in [7, 11) is -13.3. The maximum atomic E-state index is 14.3. The highest BCUT2D eigenvalue weighted by atomic mass is 29.3. The molecule has 0 amide bonds. The van der Waals surface area contributed by atoms with E-state index in [-0.39, 0.29) is 6.04 Å². The van der Waals surface area contributed by atoms with E-state index >= 15 is 0 Å². The summed E-state index contributed by atoms with van der Waals surface area (Å²) < 4.78 is 53.4. The third-order valence-electron chi connectivity index (χ3n) is 3.68. The molecule has 0 bridgehead atoms. The van der Waals surface area contributed by atoms with Gasteiger partial charge in [0.1, 0.15) is 0 Å². The molecule has 9 heteroatoms. The van der Waals surface area contributed by atoms with Gasteiger partial charge in [-0.1, -0.05) is 74.0 Å². The molecular weight excluding hydrogens is 394 g/mol. The maximum absolute atomic E-state index is 14.3. The van der Waals surface area contributed by atoms with Crippen LogP contribution in [0, 0.1) is 0 Å². The Hall–Kier alpha value is -0.982. The Kier molecular flexibility index (Phi) is 7.40. The van der Waals surface area contributed by atoms with Crippen molar-refractivity contribution in [1.29, 1.82) is 0 Å². The third kappa shape index (κ3) is 6.68. The molecule has 0 aliphatic heterocycles. The molecule has 0 N–H and O–H groups in total. The number of hydrogen-bond acceptors (Lipinski definition) is 2. The lowest BCUT2D eigenvalue weighted by atomic mass is 10.4. The van der Waals surface area contributed by atoms with Crippen molar-refractivity contribution in [3.8, 4) is 0 Å². The summed E-state index contributed by atoms with van der Waals surface area (Å²) in [6, 6.07) is 19.0. The number of benzene rings is 2. The first kappa shape index (κ1) is 20.3. The largest absolute Gasteiger partial charge is 0.560 e. The molecule has 0 saturated heterocycles. The predicted molar refractivity (Wildman–Crippen MR) is 106 cm³/mol. The molecule has 2 rings (SSSR count). The maximum Gasteiger partial charge on any atom is 0.560 e. The van der Waals surface area contributed by atoms with E-state index in [1.54, 1.807) is 6.92 Å². The van der Waals surface area contributed by atoms with Crippen LogP contribution in [0.5, 0.6) is 0 Å². The molecule has 0 aliphatic rings. The lowest BCUT2D eigenvalue weighted by Gasteiger charge is -2.25. The Morgan fingerprint density at radius 2 is 1.40 bits per heavy atom. The summed E-state index contributed by atoms with van der Waals surface area (Å²) in [6.07, 6.45) is 0.511. The Morgan fingerprint density at radius 1 is 0.920 bits per heavy atom. The monoisotopic (exact) mass is 416 g/mol. The van der Waals surface area contributed by atoms with Crippen molar-refractivity contribution in [3.63, 3.8) is 0 Å². The Morgan fingerprint density at radius 3 is 1.84 bits per heavy atom. The molecule has 0 radical (unpaired) electrons. The van der Waals surface area contributed by atoms with E-state index in [4.69, 9.17) is 8.23 Å². The van der Waals surface area contributed by atoms with Gasteiger partial charge in [0.25, 0.3) is 0 Å². The molecular formula is C16H23F3O2Si4. The second-order valence-electron chi connectivity index (χ2n) is 6.10. The van der Waals surface area contributed by atoms with E-state index < -0.39 is 35.5 Å². The fraction of sp³-hybridized carbons (Fsp3) is 0.250. The molecule has 0 aromatic heterocycles. The Balaban J connectivity index is 2.12. The van der Waals surface area contributed by atoms with Crippen LogP contribution in [0.2, 0.25) is 12.6 Å². The molecule has 2 aromatic rings. The average molecular weight is 417 g/mol. The van der Waals surface area contributed by atoms with Crippen LogP contribution in [0.4, 0.5) is 12.3 Å². The van der Waals surface area contributed by atoms with Gasteiger partial charge in [-0.05, 0) is 23.0 Å². The van der Waals surface area contributed by atoms with Crippen molar-refractivity contribution in [2.45, 2.75) is 25.9 Å². The van der Waals surface area contributed by atoms with Crippen molar-refractivity contribution in [2.24, 2.45) is 0 Å². The van der Waals surface area contributed by atoms with Gasteiger partial charge in [0.15, 0.2) is 0 Å². The van der Waals surface area contributed by atoms with Gasteiger partial charge in [-0.3, -0.25) is 4.11 Å². The molecule has 136 valence electrons. The minimum atomic E-state index is -5.07. The molecule has 0 saturated carbocycles. The normalized spacial score (nSPS) is 15.0. The van der Waals surface area contributed by atoms with E-state index in [9.17, 15) is 12.3 Å². The molecule has 0 heterocycles. The third-order valence-corrected chi connectivity index (χ3v) is 16.1. The highest BCUT2D eigenvalue weighted by molar-refractivity contribution is 7.15. The van der Waals surface area contributed by atoms with Gasteiger partial charge < -0.3 is 8.23 Å². The van der Waals surface area contributed by atoms with Crippen LogP contribution in [-0.4, -0.2) is 35.5 Å². The number of rotatable bonds is 9. The zero-order chi connectivity index (χ0) is 18.3. The van der Waals surface area contributed by atoms with Crippen LogP contribution in [0.15, 0.2) is 60.7 Å². The summed E-state index contributed by atoms with van der Waals surface area (Å²) in [5.41, 5.74) is 0. The topological polar surface area (TPSA) is 18.5 Å². The van der Waals surface area contributed by atoms with E-state index in [2.05, 4.69) is 0 Å². The molecule has 2 nitrogen and oxygen atoms in total. The summed E-state index contributed by atoms with van der Waals surface area (Å²) in [6.45, 7) is 2.99. The zero-order valence-corrected chi connectivity index (χ0v) is 19.0. The highest BCUT2D eigenvalue weighted by Gasteiger charge is 2.48.